The highest BCUT2D eigenvalue weighted by Gasteiger charge is 2.45. The number of aryl methyl sites for hydroxylation is 1. The van der Waals surface area contributed by atoms with Gasteiger partial charge in [-0.25, -0.2) is 0 Å². The van der Waals surface area contributed by atoms with Crippen LogP contribution in [-0.4, -0.2) is 88.2 Å². The summed E-state index contributed by atoms with van der Waals surface area (Å²) in [6.07, 6.45) is 18.6. The van der Waals surface area contributed by atoms with Crippen LogP contribution in [0.1, 0.15) is 58.7 Å². The molecule has 2 unspecified atom stereocenters. The number of methoxy groups -OCH3 is 1. The Labute approximate surface area is 484 Å². The maximum Gasteiger partial charge on any atom is 0.175 e. The largest absolute Gasteiger partial charge is 0.496 e. The molecule has 2 atom stereocenters. The third kappa shape index (κ3) is 14.4. The van der Waals surface area contributed by atoms with Crippen molar-refractivity contribution in [2.75, 3.05) is 25.2 Å². The molecule has 2 saturated heterocycles. The van der Waals surface area contributed by atoms with Gasteiger partial charge in [-0.05, 0) is 96.3 Å². The van der Waals surface area contributed by atoms with Crippen LogP contribution < -0.4 is 4.74 Å². The molecule has 2 fully saturated rings. The van der Waals surface area contributed by atoms with Gasteiger partial charge in [-0.1, -0.05) is 152 Å². The minimum absolute atomic E-state index is 0.552. The molecule has 8 aromatic rings. The van der Waals surface area contributed by atoms with Crippen LogP contribution >= 0.6 is 83.7 Å². The first-order chi connectivity index (χ1) is 37.4. The number of hydrogen-bond donors (Lipinski definition) is 2. The summed E-state index contributed by atoms with van der Waals surface area (Å²) in [6.45, 7) is 7.08. The van der Waals surface area contributed by atoms with Crippen molar-refractivity contribution in [3.8, 4) is 17.0 Å². The predicted octanol–water partition coefficient (Wildman–Crippen LogP) is 13.1. The second-order valence-corrected chi connectivity index (χ2v) is 23.2. The number of aromatic nitrogens is 5. The fourth-order valence-corrected chi connectivity index (χ4v) is 12.9. The van der Waals surface area contributed by atoms with Crippen molar-refractivity contribution < 1.29 is 14.9 Å². The molecule has 5 aromatic heterocycles. The Kier molecular flexibility index (Phi) is 20.4. The fraction of sp³-hybridized carbons (Fsp3) is 0.220. The van der Waals surface area contributed by atoms with E-state index in [1.807, 2.05) is 125 Å². The third-order valence-electron chi connectivity index (χ3n) is 12.7. The van der Waals surface area contributed by atoms with E-state index in [1.54, 1.807) is 55.6 Å². The van der Waals surface area contributed by atoms with E-state index in [-0.39, 0.29) is 0 Å². The van der Waals surface area contributed by atoms with Gasteiger partial charge in [0, 0.05) is 109 Å². The first-order valence-corrected chi connectivity index (χ1v) is 29.3. The van der Waals surface area contributed by atoms with E-state index in [1.165, 1.54) is 34.8 Å². The van der Waals surface area contributed by atoms with Crippen LogP contribution in [0.5, 0.6) is 5.75 Å². The van der Waals surface area contributed by atoms with Crippen LogP contribution in [-0.2, 0) is 31.1 Å². The van der Waals surface area contributed by atoms with Crippen LogP contribution in [0, 0.1) is 10.9 Å². The zero-order valence-electron chi connectivity index (χ0n) is 42.8. The lowest BCUT2D eigenvalue weighted by Crippen LogP contribution is -2.43. The van der Waals surface area contributed by atoms with Crippen molar-refractivity contribution in [3.05, 3.63) is 231 Å². The summed E-state index contributed by atoms with van der Waals surface area (Å²) in [5.74, 6) is 1.98. The number of ether oxygens (including phenoxy) is 1. The molecule has 0 radical (unpaired) electrons. The molecule has 0 aliphatic carbocycles. The zero-order chi connectivity index (χ0) is 54.2. The van der Waals surface area contributed by atoms with Gasteiger partial charge >= 0.3 is 0 Å². The van der Waals surface area contributed by atoms with Gasteiger partial charge in [-0.15, -0.1) is 11.3 Å². The fourth-order valence-electron chi connectivity index (χ4n) is 8.73. The highest BCUT2D eigenvalue weighted by molar-refractivity contribution is 8.23. The lowest BCUT2D eigenvalue weighted by molar-refractivity contribution is -0.0512. The molecule has 0 spiro atoms. The first-order valence-electron chi connectivity index (χ1n) is 24.8. The summed E-state index contributed by atoms with van der Waals surface area (Å²) in [5.41, 5.74) is 8.60. The van der Waals surface area contributed by atoms with E-state index in [0.717, 1.165) is 87.4 Å². The Balaban J connectivity index is 0.000000137. The molecule has 8 heterocycles. The molecule has 11 rings (SSSR count). The van der Waals surface area contributed by atoms with Gasteiger partial charge in [-0.3, -0.25) is 19.9 Å². The van der Waals surface area contributed by atoms with E-state index in [2.05, 4.69) is 79.0 Å². The SMILES string of the molecule is CCCN1C(=S)CC=C1c1cccnc1.COc1cc(C)ccc1-c1csc(=S)n1Cc1cccnc1.OC1(c2ccccc2)CSC(=S)N1Cc1cccnc1.OC1(c2ccccc2)CSC(=S)N1Cc1ccncc1. The summed E-state index contributed by atoms with van der Waals surface area (Å²) in [5, 5.41) is 24.2. The van der Waals surface area contributed by atoms with Gasteiger partial charge in [0.05, 0.1) is 35.8 Å². The minimum atomic E-state index is -1.04. The maximum absolute atomic E-state index is 11.1. The Morgan fingerprint density at radius 1 is 0.623 bits per heavy atom. The number of hydrogen-bond acceptors (Lipinski definition) is 14. The predicted molar refractivity (Wildman–Crippen MR) is 330 cm³/mol. The first kappa shape index (κ1) is 57.1. The molecule has 3 aromatic carbocycles. The lowest BCUT2D eigenvalue weighted by atomic mass is 10.0. The van der Waals surface area contributed by atoms with Crippen molar-refractivity contribution in [1.29, 1.82) is 0 Å². The lowest BCUT2D eigenvalue weighted by Gasteiger charge is -2.34. The van der Waals surface area contributed by atoms with Crippen molar-refractivity contribution in [1.82, 2.24) is 39.2 Å². The van der Waals surface area contributed by atoms with Gasteiger partial charge in [0.15, 0.2) is 15.4 Å². The second kappa shape index (κ2) is 27.5. The van der Waals surface area contributed by atoms with Gasteiger partial charge in [0.2, 0.25) is 0 Å². The molecule has 77 heavy (non-hydrogen) atoms. The normalized spacial score (nSPS) is 17.6. The molecule has 2 N–H and O–H groups in total. The molecule has 0 bridgehead atoms. The number of thiocarbonyl (C=S) groups is 3. The molecule has 0 saturated carbocycles. The van der Waals surface area contributed by atoms with Crippen molar-refractivity contribution >= 4 is 103 Å². The molecule has 11 nitrogen and oxygen atoms in total. The number of pyridine rings is 4. The van der Waals surface area contributed by atoms with Crippen molar-refractivity contribution in [3.63, 3.8) is 0 Å². The highest BCUT2D eigenvalue weighted by Crippen LogP contribution is 2.41. The standard InChI is InChI=1S/C17H16N2OS2.2C15H14N2OS2.C12H14N2S/c1-12-5-6-14(16(8-12)20-2)15-11-22-17(21)19(15)10-13-4-3-7-18-9-13;18-15(13-6-2-1-3-7-13)11-20-14(19)17(15)10-12-5-4-8-16-9-12;18-15(13-4-2-1-3-5-13)11-20-14(19)17(15)10-12-6-8-16-9-7-12;1-2-8-14-11(5-6-12(14)15)10-4-3-7-13-9-10/h3-9,11H,10H2,1-2H3;2*1-9,18H,10-11H2;3-5,7,9H,2,6,8H2,1H3. The number of nitrogens with zero attached hydrogens (tertiary/aromatic N) is 8. The average Bonchev–Trinajstić information content (AvgIpc) is 4.24. The number of thiazole rings is 1. The quantitative estimate of drug-likeness (QED) is 0.107. The molecular weight excluding hydrogens is 1090 g/mol. The van der Waals surface area contributed by atoms with E-state index in [4.69, 9.17) is 53.6 Å². The van der Waals surface area contributed by atoms with E-state index >= 15 is 0 Å². The minimum Gasteiger partial charge on any atom is -0.496 e. The van der Waals surface area contributed by atoms with Gasteiger partial charge in [0.1, 0.15) is 14.4 Å². The van der Waals surface area contributed by atoms with Gasteiger partial charge < -0.3 is 34.2 Å². The van der Waals surface area contributed by atoms with Crippen LogP contribution in [0.3, 0.4) is 0 Å². The maximum atomic E-state index is 11.1. The van der Waals surface area contributed by atoms with Crippen molar-refractivity contribution in [2.24, 2.45) is 0 Å². The Morgan fingerprint density at radius 2 is 1.18 bits per heavy atom. The molecule has 394 valence electrons. The van der Waals surface area contributed by atoms with Gasteiger partial charge in [-0.2, -0.15) is 0 Å². The third-order valence-corrected chi connectivity index (χ3v) is 17.5. The number of thioether (sulfide) groups is 2. The van der Waals surface area contributed by atoms with Crippen LogP contribution in [0.2, 0.25) is 0 Å². The number of rotatable bonds is 13. The monoisotopic (exact) mass is 1150 g/mol. The Bertz CT molecular complexity index is 3190. The Hall–Kier alpha value is -6.06. The van der Waals surface area contributed by atoms with Crippen molar-refractivity contribution in [2.45, 2.75) is 57.8 Å². The summed E-state index contributed by atoms with van der Waals surface area (Å²) in [4.78, 5) is 23.4. The molecule has 3 aliphatic rings. The van der Waals surface area contributed by atoms with Crippen LogP contribution in [0.15, 0.2) is 188 Å². The molecule has 18 heteroatoms. The summed E-state index contributed by atoms with van der Waals surface area (Å²) in [6, 6.07) is 41.4. The Morgan fingerprint density at radius 3 is 1.71 bits per heavy atom. The molecule has 0 amide bonds. The molecular formula is C59H58N8O3S7. The van der Waals surface area contributed by atoms with Gasteiger partial charge in [0.25, 0.3) is 0 Å². The highest BCUT2D eigenvalue weighted by atomic mass is 32.2. The van der Waals surface area contributed by atoms with E-state index in [9.17, 15) is 10.2 Å². The molecule has 3 aliphatic heterocycles. The second-order valence-electron chi connectivity index (χ2n) is 18.0. The summed E-state index contributed by atoms with van der Waals surface area (Å²) in [7, 11) is 1.70. The zero-order valence-corrected chi connectivity index (χ0v) is 48.5. The topological polar surface area (TPSA) is 116 Å². The number of aliphatic hydroxyl groups is 2. The summed E-state index contributed by atoms with van der Waals surface area (Å²) >= 11 is 26.2. The van der Waals surface area contributed by atoms with E-state index < -0.39 is 11.4 Å². The van der Waals surface area contributed by atoms with E-state index in [0.29, 0.717) is 31.1 Å². The smallest absolute Gasteiger partial charge is 0.175 e. The van der Waals surface area contributed by atoms with Crippen LogP contribution in [0.25, 0.3) is 17.0 Å². The average molecular weight is 1150 g/mol. The number of benzene rings is 3. The van der Waals surface area contributed by atoms with Crippen LogP contribution in [0.4, 0.5) is 0 Å². The summed E-state index contributed by atoms with van der Waals surface area (Å²) < 4.78 is 9.97.